The minimum Gasteiger partial charge on any atom is -0.465 e. The van der Waals surface area contributed by atoms with Crippen molar-refractivity contribution in [1.29, 1.82) is 0 Å². The van der Waals surface area contributed by atoms with Gasteiger partial charge in [-0.2, -0.15) is 0 Å². The van der Waals surface area contributed by atoms with Crippen molar-refractivity contribution in [3.05, 3.63) is 0 Å². The van der Waals surface area contributed by atoms with Crippen LogP contribution in [0.2, 0.25) is 0 Å². The van der Waals surface area contributed by atoms with Gasteiger partial charge in [-0.1, -0.05) is 13.3 Å². The summed E-state index contributed by atoms with van der Waals surface area (Å²) in [4.78, 5) is 23.3. The topological polar surface area (TPSA) is 61.8 Å². The first-order valence-corrected chi connectivity index (χ1v) is 7.08. The highest BCUT2D eigenvalue weighted by atomic mass is 16.6. The molecule has 5 heteroatoms. The van der Waals surface area contributed by atoms with Crippen LogP contribution >= 0.6 is 0 Å². The summed E-state index contributed by atoms with van der Waals surface area (Å²) in [5.74, 6) is -1.83. The van der Waals surface area contributed by atoms with Gasteiger partial charge in [0.05, 0.1) is 13.2 Å². The molecule has 0 aromatic carbocycles. The molecule has 0 saturated heterocycles. The van der Waals surface area contributed by atoms with Crippen LogP contribution in [0.3, 0.4) is 0 Å². The van der Waals surface area contributed by atoms with Crippen molar-refractivity contribution in [3.63, 3.8) is 0 Å². The molecule has 0 saturated carbocycles. The summed E-state index contributed by atoms with van der Waals surface area (Å²) in [6, 6.07) is 0. The van der Waals surface area contributed by atoms with Crippen LogP contribution in [0.15, 0.2) is 0 Å². The maximum absolute atomic E-state index is 11.7. The van der Waals surface area contributed by atoms with Crippen molar-refractivity contribution in [2.45, 2.75) is 46.5 Å². The van der Waals surface area contributed by atoms with E-state index in [9.17, 15) is 9.59 Å². The van der Waals surface area contributed by atoms with E-state index in [1.54, 1.807) is 13.8 Å². The second-order valence-electron chi connectivity index (χ2n) is 4.16. The van der Waals surface area contributed by atoms with Crippen LogP contribution < -0.4 is 0 Å². The van der Waals surface area contributed by atoms with Gasteiger partial charge >= 0.3 is 11.9 Å². The highest BCUT2D eigenvalue weighted by molar-refractivity contribution is 5.94. The van der Waals surface area contributed by atoms with Gasteiger partial charge in [-0.3, -0.25) is 9.59 Å². The summed E-state index contributed by atoms with van der Waals surface area (Å²) < 4.78 is 15.2. The molecule has 0 N–H and O–H groups in total. The summed E-state index contributed by atoms with van der Waals surface area (Å²) in [5.41, 5.74) is 0. The summed E-state index contributed by atoms with van der Waals surface area (Å²) in [5, 5.41) is 0. The van der Waals surface area contributed by atoms with E-state index >= 15 is 0 Å². The Kier molecular flexibility index (Phi) is 11.3. The van der Waals surface area contributed by atoms with Crippen molar-refractivity contribution in [3.8, 4) is 0 Å². The Bertz CT molecular complexity index is 234. The van der Waals surface area contributed by atoms with Crippen LogP contribution in [0.5, 0.6) is 0 Å². The Hall–Kier alpha value is -1.10. The third kappa shape index (κ3) is 8.59. The van der Waals surface area contributed by atoms with Gasteiger partial charge in [0, 0.05) is 13.2 Å². The smallest absolute Gasteiger partial charge is 0.320 e. The number of carbonyl (C=O) groups excluding carboxylic acids is 2. The summed E-state index contributed by atoms with van der Waals surface area (Å²) in [6.07, 6.45) is 3.17. The van der Waals surface area contributed by atoms with Gasteiger partial charge in [0.15, 0.2) is 5.92 Å². The van der Waals surface area contributed by atoms with E-state index in [0.717, 1.165) is 19.4 Å². The molecule has 0 aliphatic carbocycles. The lowest BCUT2D eigenvalue weighted by molar-refractivity contribution is -0.162. The van der Waals surface area contributed by atoms with Crippen molar-refractivity contribution in [1.82, 2.24) is 0 Å². The highest BCUT2D eigenvalue weighted by Crippen LogP contribution is 2.12. The van der Waals surface area contributed by atoms with E-state index in [1.165, 1.54) is 0 Å². The summed E-state index contributed by atoms with van der Waals surface area (Å²) in [6.45, 7) is 7.33. The van der Waals surface area contributed by atoms with Gasteiger partial charge in [-0.25, -0.2) is 0 Å². The molecule has 112 valence electrons. The Morgan fingerprint density at radius 3 is 1.89 bits per heavy atom. The first kappa shape index (κ1) is 17.9. The van der Waals surface area contributed by atoms with Crippen LogP contribution in [-0.2, 0) is 23.8 Å². The molecule has 0 heterocycles. The zero-order chi connectivity index (χ0) is 14.5. The van der Waals surface area contributed by atoms with Crippen LogP contribution in [0.1, 0.15) is 46.5 Å². The number of unbranched alkanes of at least 4 members (excludes halogenated alkanes) is 1. The maximum atomic E-state index is 11.7. The molecule has 0 aliphatic rings. The zero-order valence-electron chi connectivity index (χ0n) is 12.3. The number of hydrogen-bond acceptors (Lipinski definition) is 5. The molecule has 0 rings (SSSR count). The summed E-state index contributed by atoms with van der Waals surface area (Å²) >= 11 is 0. The lowest BCUT2D eigenvalue weighted by Gasteiger charge is -2.14. The lowest BCUT2D eigenvalue weighted by Crippen LogP contribution is -2.28. The van der Waals surface area contributed by atoms with Crippen LogP contribution in [0.25, 0.3) is 0 Å². The summed E-state index contributed by atoms with van der Waals surface area (Å²) in [7, 11) is 0. The van der Waals surface area contributed by atoms with E-state index in [1.807, 2.05) is 0 Å². The van der Waals surface area contributed by atoms with Crippen molar-refractivity contribution >= 4 is 11.9 Å². The molecule has 0 amide bonds. The molecule has 0 radical (unpaired) electrons. The second-order valence-corrected chi connectivity index (χ2v) is 4.16. The molecule has 5 nitrogen and oxygen atoms in total. The van der Waals surface area contributed by atoms with E-state index in [4.69, 9.17) is 14.2 Å². The quantitative estimate of drug-likeness (QED) is 0.329. The normalized spacial score (nSPS) is 10.5. The monoisotopic (exact) mass is 274 g/mol. The maximum Gasteiger partial charge on any atom is 0.320 e. The lowest BCUT2D eigenvalue weighted by atomic mass is 10.0. The van der Waals surface area contributed by atoms with Gasteiger partial charge in [-0.05, 0) is 33.1 Å². The first-order valence-electron chi connectivity index (χ1n) is 7.08. The fourth-order valence-corrected chi connectivity index (χ4v) is 1.56. The number of esters is 2. The fourth-order valence-electron chi connectivity index (χ4n) is 1.56. The third-order valence-corrected chi connectivity index (χ3v) is 2.57. The number of hydrogen-bond donors (Lipinski definition) is 0. The predicted molar refractivity (Wildman–Crippen MR) is 71.7 cm³/mol. The standard InChI is InChI=1S/C14H26O5/c1-4-7-10-17-11-8-9-12(13(15)18-5-2)14(16)19-6-3/h12H,4-11H2,1-3H3. The average Bonchev–Trinajstić information content (AvgIpc) is 2.38. The van der Waals surface area contributed by atoms with E-state index < -0.39 is 17.9 Å². The van der Waals surface area contributed by atoms with Crippen LogP contribution in [0.4, 0.5) is 0 Å². The third-order valence-electron chi connectivity index (χ3n) is 2.57. The van der Waals surface area contributed by atoms with Gasteiger partial charge in [0.2, 0.25) is 0 Å². The predicted octanol–water partition coefficient (Wildman–Crippen LogP) is 2.33. The molecular weight excluding hydrogens is 248 g/mol. The average molecular weight is 274 g/mol. The number of carbonyl (C=O) groups is 2. The SMILES string of the molecule is CCCCOCCCC(C(=O)OCC)C(=O)OCC. The largest absolute Gasteiger partial charge is 0.465 e. The second kappa shape index (κ2) is 12.0. The molecule has 0 fully saturated rings. The first-order chi connectivity index (χ1) is 9.17. The van der Waals surface area contributed by atoms with E-state index in [-0.39, 0.29) is 13.2 Å². The van der Waals surface area contributed by atoms with Crippen molar-refractivity contribution in [2.75, 3.05) is 26.4 Å². The zero-order valence-corrected chi connectivity index (χ0v) is 12.3. The van der Waals surface area contributed by atoms with Crippen LogP contribution in [0, 0.1) is 5.92 Å². The molecule has 0 aliphatic heterocycles. The fraction of sp³-hybridized carbons (Fsp3) is 0.857. The van der Waals surface area contributed by atoms with Crippen molar-refractivity contribution < 1.29 is 23.8 Å². The molecular formula is C14H26O5. The van der Waals surface area contributed by atoms with E-state index in [0.29, 0.717) is 19.4 Å². The van der Waals surface area contributed by atoms with Gasteiger partial charge in [-0.15, -0.1) is 0 Å². The number of rotatable bonds is 11. The van der Waals surface area contributed by atoms with Gasteiger partial charge < -0.3 is 14.2 Å². The number of ether oxygens (including phenoxy) is 3. The van der Waals surface area contributed by atoms with E-state index in [2.05, 4.69) is 6.92 Å². The van der Waals surface area contributed by atoms with Gasteiger partial charge in [0.25, 0.3) is 0 Å². The van der Waals surface area contributed by atoms with Gasteiger partial charge in [0.1, 0.15) is 0 Å². The Labute approximate surface area is 115 Å². The molecule has 0 aromatic rings. The minimum atomic E-state index is -0.824. The molecule has 0 unspecified atom stereocenters. The van der Waals surface area contributed by atoms with Crippen LogP contribution in [-0.4, -0.2) is 38.4 Å². The molecule has 0 bridgehead atoms. The van der Waals surface area contributed by atoms with Crippen molar-refractivity contribution in [2.24, 2.45) is 5.92 Å². The minimum absolute atomic E-state index is 0.266. The Morgan fingerprint density at radius 1 is 0.895 bits per heavy atom. The molecule has 0 aromatic heterocycles. The Morgan fingerprint density at radius 2 is 1.42 bits per heavy atom. The highest BCUT2D eigenvalue weighted by Gasteiger charge is 2.28. The molecule has 0 spiro atoms. The Balaban J connectivity index is 4.05. The molecule has 19 heavy (non-hydrogen) atoms. The molecule has 0 atom stereocenters.